The van der Waals surface area contributed by atoms with Gasteiger partial charge in [-0.1, -0.05) is 39.0 Å². The van der Waals surface area contributed by atoms with Crippen molar-refractivity contribution in [2.24, 2.45) is 0 Å². The first-order valence-electron chi connectivity index (χ1n) is 5.03. The highest BCUT2D eigenvalue weighted by Crippen LogP contribution is 2.28. The molecule has 0 aliphatic rings. The summed E-state index contributed by atoms with van der Waals surface area (Å²) in [6, 6.07) is 7.66. The summed E-state index contributed by atoms with van der Waals surface area (Å²) in [4.78, 5) is 11.2. The Morgan fingerprint density at radius 1 is 1.20 bits per heavy atom. The van der Waals surface area contributed by atoms with Crippen LogP contribution in [0, 0.1) is 0 Å². The first-order valence-corrected chi connectivity index (χ1v) is 5.03. The minimum atomic E-state index is -0.188. The maximum absolute atomic E-state index is 11.2. The molecule has 1 aromatic rings. The van der Waals surface area contributed by atoms with Crippen molar-refractivity contribution >= 4 is 11.7 Å². The molecule has 0 heterocycles. The number of carbonyl (C=O) groups is 1. The van der Waals surface area contributed by atoms with Gasteiger partial charge in [-0.05, 0) is 17.0 Å². The van der Waals surface area contributed by atoms with E-state index in [1.165, 1.54) is 0 Å². The lowest BCUT2D eigenvalue weighted by molar-refractivity contribution is 0.254. The number of benzene rings is 1. The number of carbonyl (C=O) groups excluding carboxylic acids is 1. The number of amides is 2. The molecule has 0 radical (unpaired) electrons. The van der Waals surface area contributed by atoms with Crippen LogP contribution in [0.5, 0.6) is 0 Å². The Kier molecular flexibility index (Phi) is 3.35. The third-order valence-corrected chi connectivity index (χ3v) is 2.21. The number of hydrogen-bond donors (Lipinski definition) is 2. The van der Waals surface area contributed by atoms with Gasteiger partial charge in [-0.3, -0.25) is 0 Å². The molecule has 3 nitrogen and oxygen atoms in total. The molecule has 0 saturated heterocycles. The van der Waals surface area contributed by atoms with E-state index >= 15 is 0 Å². The number of rotatable bonds is 1. The van der Waals surface area contributed by atoms with Crippen LogP contribution in [0.15, 0.2) is 24.3 Å². The Hall–Kier alpha value is -1.51. The Morgan fingerprint density at radius 2 is 1.80 bits per heavy atom. The monoisotopic (exact) mass is 206 g/mol. The van der Waals surface area contributed by atoms with Crippen LogP contribution in [-0.4, -0.2) is 13.1 Å². The van der Waals surface area contributed by atoms with Gasteiger partial charge < -0.3 is 10.6 Å². The smallest absolute Gasteiger partial charge is 0.318 e. The maximum Gasteiger partial charge on any atom is 0.318 e. The highest BCUT2D eigenvalue weighted by molar-refractivity contribution is 5.90. The topological polar surface area (TPSA) is 41.1 Å². The lowest BCUT2D eigenvalue weighted by atomic mass is 9.86. The van der Waals surface area contributed by atoms with Gasteiger partial charge in [-0.15, -0.1) is 0 Å². The molecule has 0 fully saturated rings. The van der Waals surface area contributed by atoms with Gasteiger partial charge in [-0.25, -0.2) is 4.79 Å². The summed E-state index contributed by atoms with van der Waals surface area (Å²) in [5, 5.41) is 5.36. The molecule has 0 unspecified atom stereocenters. The second kappa shape index (κ2) is 4.34. The van der Waals surface area contributed by atoms with Crippen LogP contribution in [-0.2, 0) is 5.41 Å². The molecule has 1 rings (SSSR count). The van der Waals surface area contributed by atoms with Gasteiger partial charge in [0, 0.05) is 12.7 Å². The lowest BCUT2D eigenvalue weighted by Crippen LogP contribution is -2.26. The number of anilines is 1. The van der Waals surface area contributed by atoms with Crippen LogP contribution in [0.25, 0.3) is 0 Å². The fourth-order valence-corrected chi connectivity index (χ4v) is 1.43. The van der Waals surface area contributed by atoms with Crippen molar-refractivity contribution in [1.29, 1.82) is 0 Å². The third-order valence-electron chi connectivity index (χ3n) is 2.21. The first-order chi connectivity index (χ1) is 6.95. The molecule has 2 amide bonds. The van der Waals surface area contributed by atoms with E-state index in [1.54, 1.807) is 7.05 Å². The van der Waals surface area contributed by atoms with Crippen LogP contribution in [0.2, 0.25) is 0 Å². The van der Waals surface area contributed by atoms with E-state index in [-0.39, 0.29) is 11.4 Å². The van der Waals surface area contributed by atoms with Gasteiger partial charge in [0.25, 0.3) is 0 Å². The predicted molar refractivity (Wildman–Crippen MR) is 63.2 cm³/mol. The zero-order valence-electron chi connectivity index (χ0n) is 9.72. The van der Waals surface area contributed by atoms with Gasteiger partial charge in [0.1, 0.15) is 0 Å². The summed E-state index contributed by atoms with van der Waals surface area (Å²) >= 11 is 0. The summed E-state index contributed by atoms with van der Waals surface area (Å²) in [5.41, 5.74) is 2.02. The Bertz CT molecular complexity index is 353. The molecular weight excluding hydrogens is 188 g/mol. The van der Waals surface area contributed by atoms with Crippen molar-refractivity contribution in [3.05, 3.63) is 29.8 Å². The number of urea groups is 1. The van der Waals surface area contributed by atoms with E-state index in [4.69, 9.17) is 0 Å². The van der Waals surface area contributed by atoms with Gasteiger partial charge in [0.05, 0.1) is 0 Å². The molecule has 0 spiro atoms. The van der Waals surface area contributed by atoms with Crippen molar-refractivity contribution in [2.45, 2.75) is 26.2 Å². The van der Waals surface area contributed by atoms with E-state index < -0.39 is 0 Å². The van der Waals surface area contributed by atoms with Gasteiger partial charge in [0.15, 0.2) is 0 Å². The highest BCUT2D eigenvalue weighted by Gasteiger charge is 2.17. The molecular formula is C12H18N2O. The van der Waals surface area contributed by atoms with Crippen LogP contribution in [0.4, 0.5) is 10.5 Å². The lowest BCUT2D eigenvalue weighted by Gasteiger charge is -2.22. The second-order valence-electron chi connectivity index (χ2n) is 4.50. The normalized spacial score (nSPS) is 10.9. The quantitative estimate of drug-likeness (QED) is 0.728. The molecule has 82 valence electrons. The molecule has 0 aliphatic carbocycles. The van der Waals surface area contributed by atoms with E-state index in [0.717, 1.165) is 11.3 Å². The van der Waals surface area contributed by atoms with Crippen molar-refractivity contribution in [1.82, 2.24) is 5.32 Å². The number of hydrogen-bond acceptors (Lipinski definition) is 1. The predicted octanol–water partition coefficient (Wildman–Crippen LogP) is 2.74. The van der Waals surface area contributed by atoms with Crippen LogP contribution in [0.1, 0.15) is 26.3 Å². The molecule has 15 heavy (non-hydrogen) atoms. The summed E-state index contributed by atoms with van der Waals surface area (Å²) in [5.74, 6) is 0. The van der Waals surface area contributed by atoms with Crippen molar-refractivity contribution in [3.8, 4) is 0 Å². The molecule has 0 saturated carbocycles. The molecule has 2 N–H and O–H groups in total. The summed E-state index contributed by atoms with van der Waals surface area (Å²) in [6.07, 6.45) is 0. The van der Waals surface area contributed by atoms with Crippen molar-refractivity contribution < 1.29 is 4.79 Å². The largest absolute Gasteiger partial charge is 0.341 e. The second-order valence-corrected chi connectivity index (χ2v) is 4.50. The average Bonchev–Trinajstić information content (AvgIpc) is 2.17. The third kappa shape index (κ3) is 2.98. The fourth-order valence-electron chi connectivity index (χ4n) is 1.43. The zero-order valence-corrected chi connectivity index (χ0v) is 9.72. The molecule has 0 bridgehead atoms. The number of nitrogens with one attached hydrogen (secondary N) is 2. The van der Waals surface area contributed by atoms with E-state index in [0.29, 0.717) is 0 Å². The van der Waals surface area contributed by atoms with Crippen LogP contribution < -0.4 is 10.6 Å². The van der Waals surface area contributed by atoms with Gasteiger partial charge in [-0.2, -0.15) is 0 Å². The van der Waals surface area contributed by atoms with Crippen LogP contribution >= 0.6 is 0 Å². The highest BCUT2D eigenvalue weighted by atomic mass is 16.2. The van der Waals surface area contributed by atoms with E-state index in [9.17, 15) is 4.79 Å². The fraction of sp³-hybridized carbons (Fsp3) is 0.417. The Balaban J connectivity index is 3.02. The van der Waals surface area contributed by atoms with Crippen molar-refractivity contribution in [3.63, 3.8) is 0 Å². The maximum atomic E-state index is 11.2. The molecule has 0 aliphatic heterocycles. The molecule has 1 aromatic carbocycles. The first kappa shape index (κ1) is 11.6. The van der Waals surface area contributed by atoms with Crippen LogP contribution in [0.3, 0.4) is 0 Å². The van der Waals surface area contributed by atoms with E-state index in [1.807, 2.05) is 24.3 Å². The standard InChI is InChI=1S/C12H18N2O/c1-12(2,3)9-7-5-6-8-10(9)14-11(15)13-4/h5-8H,1-4H3,(H2,13,14,15). The summed E-state index contributed by atoms with van der Waals surface area (Å²) in [7, 11) is 1.61. The summed E-state index contributed by atoms with van der Waals surface area (Å²) < 4.78 is 0. The zero-order chi connectivity index (χ0) is 11.5. The molecule has 0 atom stereocenters. The summed E-state index contributed by atoms with van der Waals surface area (Å²) in [6.45, 7) is 6.37. The minimum absolute atomic E-state index is 0.0254. The minimum Gasteiger partial charge on any atom is -0.341 e. The Morgan fingerprint density at radius 3 is 2.33 bits per heavy atom. The van der Waals surface area contributed by atoms with Gasteiger partial charge >= 0.3 is 6.03 Å². The average molecular weight is 206 g/mol. The van der Waals surface area contributed by atoms with Crippen molar-refractivity contribution in [2.75, 3.05) is 12.4 Å². The van der Waals surface area contributed by atoms with Gasteiger partial charge in [0.2, 0.25) is 0 Å². The SMILES string of the molecule is CNC(=O)Nc1ccccc1C(C)(C)C. The van der Waals surface area contributed by atoms with E-state index in [2.05, 4.69) is 31.4 Å². The Labute approximate surface area is 90.9 Å². The number of para-hydroxylation sites is 1. The molecule has 3 heteroatoms. The molecule has 0 aromatic heterocycles.